The molecule has 0 unspecified atom stereocenters. The molecule has 5 heteroatoms. The van der Waals surface area contributed by atoms with Crippen LogP contribution < -0.4 is 5.32 Å². The van der Waals surface area contributed by atoms with Crippen molar-refractivity contribution >= 4 is 17.3 Å². The molecule has 15 heavy (non-hydrogen) atoms. The van der Waals surface area contributed by atoms with Crippen molar-refractivity contribution in [2.45, 2.75) is 21.3 Å². The summed E-state index contributed by atoms with van der Waals surface area (Å²) in [5.74, 6) is -0.322. The zero-order valence-electron chi connectivity index (χ0n) is 7.90. The number of carbonyl (C=O) groups excluding carboxylic acids is 1. The number of amides is 1. The van der Waals surface area contributed by atoms with Gasteiger partial charge in [-0.3, -0.25) is 14.9 Å². The molecule has 5 nitrogen and oxygen atoms in total. The molecule has 0 fully saturated rings. The van der Waals surface area contributed by atoms with Gasteiger partial charge in [-0.05, 0) is 18.6 Å². The molecule has 0 aliphatic heterocycles. The van der Waals surface area contributed by atoms with Gasteiger partial charge in [0.15, 0.2) is 0 Å². The average Bonchev–Trinajstić information content (AvgIpc) is 2.07. The largest absolute Gasteiger partial charge is 0.321 e. The number of rotatable bonds is 2. The second-order valence-corrected chi connectivity index (χ2v) is 2.96. The molecule has 0 atom stereocenters. The van der Waals surface area contributed by atoms with Gasteiger partial charge in [0.25, 0.3) is 5.69 Å². The summed E-state index contributed by atoms with van der Waals surface area (Å²) in [4.78, 5) is 20.8. The van der Waals surface area contributed by atoms with Crippen LogP contribution in [-0.2, 0) is 4.79 Å². The molecular formula is C10H14N2O3. The Kier molecular flexibility index (Phi) is 4.44. The molecule has 1 N–H and O–H groups in total. The first-order valence-corrected chi connectivity index (χ1v) is 4.03. The summed E-state index contributed by atoms with van der Waals surface area (Å²) in [6.45, 7) is 3.06. The Morgan fingerprint density at radius 2 is 2.07 bits per heavy atom. The second kappa shape index (κ2) is 5.09. The van der Waals surface area contributed by atoms with Crippen molar-refractivity contribution in [3.63, 3.8) is 0 Å². The van der Waals surface area contributed by atoms with Crippen LogP contribution in [0.3, 0.4) is 0 Å². The van der Waals surface area contributed by atoms with Gasteiger partial charge in [0.05, 0.1) is 4.92 Å². The minimum absolute atomic E-state index is 0. The highest BCUT2D eigenvalue weighted by atomic mass is 16.6. The first kappa shape index (κ1) is 13.1. The molecule has 0 spiro atoms. The standard InChI is InChI=1S/C9H10N2O3.CH4/c1-6-3-4-8(10-7(2)12)9(5-6)11(13)14;/h3-5H,1-2H3,(H,10,12);1H4. The third-order valence-corrected chi connectivity index (χ3v) is 1.66. The molecular weight excluding hydrogens is 196 g/mol. The second-order valence-electron chi connectivity index (χ2n) is 2.96. The molecule has 1 amide bonds. The van der Waals surface area contributed by atoms with Crippen molar-refractivity contribution in [3.8, 4) is 0 Å². The van der Waals surface area contributed by atoms with Crippen LogP contribution in [0.15, 0.2) is 18.2 Å². The topological polar surface area (TPSA) is 72.2 Å². The minimum Gasteiger partial charge on any atom is -0.321 e. The highest BCUT2D eigenvalue weighted by Crippen LogP contribution is 2.24. The number of benzene rings is 1. The zero-order valence-corrected chi connectivity index (χ0v) is 7.90. The summed E-state index contributed by atoms with van der Waals surface area (Å²) in [6.07, 6.45) is 0. The van der Waals surface area contributed by atoms with E-state index in [4.69, 9.17) is 0 Å². The molecule has 0 bridgehead atoms. The molecule has 0 aliphatic carbocycles. The van der Waals surface area contributed by atoms with E-state index in [9.17, 15) is 14.9 Å². The van der Waals surface area contributed by atoms with Crippen LogP contribution in [0.1, 0.15) is 19.9 Å². The number of carbonyl (C=O) groups is 1. The van der Waals surface area contributed by atoms with E-state index in [2.05, 4.69) is 5.32 Å². The first-order valence-electron chi connectivity index (χ1n) is 4.03. The summed E-state index contributed by atoms with van der Waals surface area (Å²) in [5.41, 5.74) is 0.930. The number of anilines is 1. The third kappa shape index (κ3) is 3.38. The van der Waals surface area contributed by atoms with Crippen LogP contribution in [0, 0.1) is 17.0 Å². The van der Waals surface area contributed by atoms with E-state index in [0.29, 0.717) is 0 Å². The van der Waals surface area contributed by atoms with Crippen LogP contribution in [-0.4, -0.2) is 10.8 Å². The molecule has 1 aromatic carbocycles. The lowest BCUT2D eigenvalue weighted by atomic mass is 10.2. The molecule has 82 valence electrons. The van der Waals surface area contributed by atoms with Gasteiger partial charge in [0, 0.05) is 13.0 Å². The molecule has 1 rings (SSSR count). The van der Waals surface area contributed by atoms with Crippen molar-refractivity contribution in [3.05, 3.63) is 33.9 Å². The summed E-state index contributed by atoms with van der Waals surface area (Å²) < 4.78 is 0. The normalized spacial score (nSPS) is 8.93. The number of hydrogen-bond acceptors (Lipinski definition) is 3. The van der Waals surface area contributed by atoms with E-state index < -0.39 is 4.92 Å². The number of hydrogen-bond donors (Lipinski definition) is 1. The highest BCUT2D eigenvalue weighted by molar-refractivity contribution is 5.91. The van der Waals surface area contributed by atoms with Gasteiger partial charge >= 0.3 is 0 Å². The van der Waals surface area contributed by atoms with Gasteiger partial charge in [0.2, 0.25) is 5.91 Å². The van der Waals surface area contributed by atoms with Crippen molar-refractivity contribution < 1.29 is 9.72 Å². The Morgan fingerprint density at radius 3 is 2.53 bits per heavy atom. The van der Waals surface area contributed by atoms with Crippen molar-refractivity contribution in [1.82, 2.24) is 0 Å². The third-order valence-electron chi connectivity index (χ3n) is 1.66. The molecule has 0 aromatic heterocycles. The average molecular weight is 210 g/mol. The predicted octanol–water partition coefficient (Wildman–Crippen LogP) is 2.50. The molecule has 1 aromatic rings. The Bertz CT molecular complexity index is 388. The zero-order chi connectivity index (χ0) is 10.7. The van der Waals surface area contributed by atoms with Gasteiger partial charge < -0.3 is 5.32 Å². The fourth-order valence-electron chi connectivity index (χ4n) is 1.09. The predicted molar refractivity (Wildman–Crippen MR) is 58.9 cm³/mol. The van der Waals surface area contributed by atoms with Gasteiger partial charge in [-0.1, -0.05) is 13.5 Å². The monoisotopic (exact) mass is 210 g/mol. The quantitative estimate of drug-likeness (QED) is 0.602. The molecule has 0 heterocycles. The lowest BCUT2D eigenvalue weighted by molar-refractivity contribution is -0.384. The first-order chi connectivity index (χ1) is 6.50. The lowest BCUT2D eigenvalue weighted by Gasteiger charge is -2.03. The van der Waals surface area contributed by atoms with Crippen molar-refractivity contribution in [2.24, 2.45) is 0 Å². The molecule has 0 saturated carbocycles. The number of nitro groups is 1. The van der Waals surface area contributed by atoms with Crippen LogP contribution in [0.25, 0.3) is 0 Å². The van der Waals surface area contributed by atoms with Gasteiger partial charge in [-0.25, -0.2) is 0 Å². The number of aryl methyl sites for hydroxylation is 1. The number of nitrogens with zero attached hydrogens (tertiary/aromatic N) is 1. The Hall–Kier alpha value is -1.91. The Morgan fingerprint density at radius 1 is 1.47 bits per heavy atom. The van der Waals surface area contributed by atoms with E-state index in [1.54, 1.807) is 13.0 Å². The van der Waals surface area contributed by atoms with Crippen LogP contribution in [0.2, 0.25) is 0 Å². The van der Waals surface area contributed by atoms with Gasteiger partial charge in [-0.15, -0.1) is 0 Å². The fraction of sp³-hybridized carbons (Fsp3) is 0.300. The van der Waals surface area contributed by atoms with E-state index in [1.807, 2.05) is 0 Å². The van der Waals surface area contributed by atoms with E-state index >= 15 is 0 Å². The molecule has 0 radical (unpaired) electrons. The van der Waals surface area contributed by atoms with Gasteiger partial charge in [-0.2, -0.15) is 0 Å². The van der Waals surface area contributed by atoms with Crippen LogP contribution >= 0.6 is 0 Å². The minimum atomic E-state index is -0.516. The molecule has 0 saturated heterocycles. The van der Waals surface area contributed by atoms with Crippen LogP contribution in [0.4, 0.5) is 11.4 Å². The summed E-state index contributed by atoms with van der Waals surface area (Å²) >= 11 is 0. The van der Waals surface area contributed by atoms with E-state index in [-0.39, 0.29) is 24.7 Å². The van der Waals surface area contributed by atoms with Crippen LogP contribution in [0.5, 0.6) is 0 Å². The van der Waals surface area contributed by atoms with E-state index in [0.717, 1.165) is 5.56 Å². The molecule has 0 aliphatic rings. The fourth-order valence-corrected chi connectivity index (χ4v) is 1.09. The van der Waals surface area contributed by atoms with Gasteiger partial charge in [0.1, 0.15) is 5.69 Å². The smallest absolute Gasteiger partial charge is 0.293 e. The summed E-state index contributed by atoms with van der Waals surface area (Å²) in [6, 6.07) is 4.65. The highest BCUT2D eigenvalue weighted by Gasteiger charge is 2.13. The van der Waals surface area contributed by atoms with Crippen molar-refractivity contribution in [2.75, 3.05) is 5.32 Å². The number of nitro benzene ring substituents is 1. The SMILES string of the molecule is C.CC(=O)Nc1ccc(C)cc1[N+](=O)[O-]. The number of nitrogens with one attached hydrogen (secondary N) is 1. The summed E-state index contributed by atoms with van der Waals surface area (Å²) in [7, 11) is 0. The maximum absolute atomic E-state index is 10.7. The Labute approximate surface area is 88.3 Å². The maximum atomic E-state index is 10.7. The van der Waals surface area contributed by atoms with Crippen molar-refractivity contribution in [1.29, 1.82) is 0 Å². The summed E-state index contributed by atoms with van der Waals surface area (Å²) in [5, 5.41) is 13.0. The van der Waals surface area contributed by atoms with E-state index in [1.165, 1.54) is 19.1 Å². The lowest BCUT2D eigenvalue weighted by Crippen LogP contribution is -2.07. The maximum Gasteiger partial charge on any atom is 0.293 e. The Balaban J connectivity index is 0.00000196.